The number of pyridine rings is 3. The number of aromatic nitrogens is 5. The molecule has 4 aromatic heterocycles. The van der Waals surface area contributed by atoms with Crippen molar-refractivity contribution in [1.29, 1.82) is 0 Å². The predicted molar refractivity (Wildman–Crippen MR) is 180 cm³/mol. The van der Waals surface area contributed by atoms with Gasteiger partial charge >= 0.3 is 6.18 Å². The summed E-state index contributed by atoms with van der Waals surface area (Å²) >= 11 is 0. The van der Waals surface area contributed by atoms with Gasteiger partial charge in [-0.1, -0.05) is 24.3 Å². The summed E-state index contributed by atoms with van der Waals surface area (Å²) in [6.07, 6.45) is 4.34. The molecule has 3 N–H and O–H groups in total. The van der Waals surface area contributed by atoms with E-state index in [1.165, 1.54) is 6.07 Å². The molecule has 2 amide bonds. The Kier molecular flexibility index (Phi) is 8.59. The van der Waals surface area contributed by atoms with Crippen molar-refractivity contribution >= 4 is 34.2 Å². The van der Waals surface area contributed by atoms with E-state index in [4.69, 9.17) is 10.5 Å². The molecule has 15 heteroatoms. The molecule has 1 aliphatic heterocycles. The van der Waals surface area contributed by atoms with Crippen LogP contribution in [0.3, 0.4) is 0 Å². The summed E-state index contributed by atoms with van der Waals surface area (Å²) in [5.74, 6) is 0.600. The number of nitrogens with two attached hydrogens (primary N) is 1. The Balaban J connectivity index is 1.07. The lowest BCUT2D eigenvalue weighted by Gasteiger charge is -2.39. The Hall–Kier alpha value is -5.57. The third-order valence-electron chi connectivity index (χ3n) is 8.91. The van der Waals surface area contributed by atoms with Crippen LogP contribution in [-0.2, 0) is 11.3 Å². The van der Waals surface area contributed by atoms with E-state index in [9.17, 15) is 22.8 Å². The van der Waals surface area contributed by atoms with E-state index < -0.39 is 18.6 Å². The van der Waals surface area contributed by atoms with Crippen molar-refractivity contribution in [3.63, 3.8) is 0 Å². The van der Waals surface area contributed by atoms with E-state index in [1.807, 2.05) is 35.1 Å². The molecule has 1 saturated heterocycles. The molecule has 2 fully saturated rings. The lowest BCUT2D eigenvalue weighted by atomic mass is 9.96. The zero-order chi connectivity index (χ0) is 35.2. The standard InChI is InChI=1S/C35H34F3N9O3/c1-45(19-35(36,37)38)34(49)29-8-3-5-22(43-29)16-46-17-23(18-46)47-15-21(12-42-47)24-6-4-7-25(31(24)50-2)27-13-41-32(39)28-14-40-30(11-26(27)28)44-33(48)20-9-10-20/h3-8,11-15,20,23H,9-10,16-19H2,1-2H3,(H2,39,41)(H,40,44,48). The van der Waals surface area contributed by atoms with Crippen LogP contribution < -0.4 is 15.8 Å². The van der Waals surface area contributed by atoms with Crippen molar-refractivity contribution in [2.24, 2.45) is 5.92 Å². The summed E-state index contributed by atoms with van der Waals surface area (Å²) in [6.45, 7) is 0.435. The molecule has 2 aliphatic rings. The number of fused-ring (bicyclic) bond motifs is 1. The van der Waals surface area contributed by atoms with Crippen molar-refractivity contribution in [2.75, 3.05) is 44.8 Å². The number of amides is 2. The average Bonchev–Trinajstić information content (AvgIpc) is 3.82. The fourth-order valence-electron chi connectivity index (χ4n) is 6.18. The van der Waals surface area contributed by atoms with Crippen molar-refractivity contribution in [2.45, 2.75) is 31.6 Å². The van der Waals surface area contributed by atoms with Gasteiger partial charge in [0.15, 0.2) is 0 Å². The van der Waals surface area contributed by atoms with Gasteiger partial charge in [-0.2, -0.15) is 18.3 Å². The Labute approximate surface area is 285 Å². The summed E-state index contributed by atoms with van der Waals surface area (Å²) in [4.78, 5) is 40.8. The van der Waals surface area contributed by atoms with E-state index in [2.05, 4.69) is 30.3 Å². The SMILES string of the molecule is COc1c(-c2cnn(C3CN(Cc4cccc(C(=O)N(C)CC(F)(F)F)n4)C3)c2)cccc1-c1cnc(N)c2cnc(NC(=O)C3CC3)cc12. The molecule has 1 saturated carbocycles. The van der Waals surface area contributed by atoms with E-state index in [0.717, 1.165) is 47.5 Å². The smallest absolute Gasteiger partial charge is 0.406 e. The zero-order valence-corrected chi connectivity index (χ0v) is 27.3. The van der Waals surface area contributed by atoms with Gasteiger partial charge in [0.25, 0.3) is 5.91 Å². The zero-order valence-electron chi connectivity index (χ0n) is 27.3. The number of carbonyl (C=O) groups is 2. The topological polar surface area (TPSA) is 144 Å². The number of halogens is 3. The molecule has 1 aliphatic carbocycles. The van der Waals surface area contributed by atoms with Crippen LogP contribution in [0.5, 0.6) is 5.75 Å². The molecular weight excluding hydrogens is 651 g/mol. The van der Waals surface area contributed by atoms with Gasteiger partial charge in [-0.15, -0.1) is 0 Å². The van der Waals surface area contributed by atoms with Crippen LogP contribution in [-0.4, -0.2) is 86.3 Å². The molecule has 1 aromatic carbocycles. The summed E-state index contributed by atoms with van der Waals surface area (Å²) in [5.41, 5.74) is 10.0. The summed E-state index contributed by atoms with van der Waals surface area (Å²) in [5, 5.41) is 8.98. The maximum absolute atomic E-state index is 12.8. The number of anilines is 2. The number of hydrogen-bond donors (Lipinski definition) is 2. The van der Waals surface area contributed by atoms with Crippen molar-refractivity contribution in [3.05, 3.63) is 78.6 Å². The monoisotopic (exact) mass is 685 g/mol. The molecule has 50 heavy (non-hydrogen) atoms. The minimum absolute atomic E-state index is 0.0283. The summed E-state index contributed by atoms with van der Waals surface area (Å²) < 4.78 is 46.2. The number of alkyl halides is 3. The normalized spacial score (nSPS) is 15.1. The van der Waals surface area contributed by atoms with Gasteiger partial charge in [0.2, 0.25) is 5.91 Å². The lowest BCUT2D eigenvalue weighted by molar-refractivity contribution is -0.138. The minimum Gasteiger partial charge on any atom is -0.495 e. The first-order valence-electron chi connectivity index (χ1n) is 16.0. The average molecular weight is 686 g/mol. The molecule has 0 bridgehead atoms. The van der Waals surface area contributed by atoms with E-state index in [-0.39, 0.29) is 23.6 Å². The molecule has 0 spiro atoms. The fourth-order valence-corrected chi connectivity index (χ4v) is 6.18. The van der Waals surface area contributed by atoms with E-state index in [0.29, 0.717) is 53.0 Å². The number of nitrogens with one attached hydrogen (secondary N) is 1. The first-order chi connectivity index (χ1) is 24.0. The van der Waals surface area contributed by atoms with Gasteiger partial charge in [-0.25, -0.2) is 15.0 Å². The highest BCUT2D eigenvalue weighted by molar-refractivity contribution is 6.05. The second-order valence-electron chi connectivity index (χ2n) is 12.7. The number of methoxy groups -OCH3 is 1. The number of carbonyl (C=O) groups excluding carboxylic acids is 2. The number of nitrogen functional groups attached to an aromatic ring is 1. The van der Waals surface area contributed by atoms with Crippen molar-refractivity contribution in [1.82, 2.24) is 34.5 Å². The first-order valence-corrected chi connectivity index (χ1v) is 16.0. The highest BCUT2D eigenvalue weighted by atomic mass is 19.4. The van der Waals surface area contributed by atoms with Crippen LogP contribution in [0, 0.1) is 5.92 Å². The molecule has 0 radical (unpaired) electrons. The number of nitrogens with zero attached hydrogens (tertiary/aromatic N) is 7. The molecular formula is C35H34F3N9O3. The quantitative estimate of drug-likeness (QED) is 0.203. The Morgan fingerprint density at radius 1 is 1.02 bits per heavy atom. The molecule has 7 rings (SSSR count). The Bertz CT molecular complexity index is 2090. The molecule has 5 heterocycles. The summed E-state index contributed by atoms with van der Waals surface area (Å²) in [7, 11) is 2.72. The van der Waals surface area contributed by atoms with E-state index in [1.54, 1.807) is 37.8 Å². The Morgan fingerprint density at radius 2 is 1.78 bits per heavy atom. The number of hydrogen-bond acceptors (Lipinski definition) is 9. The van der Waals surface area contributed by atoms with Gasteiger partial charge in [0.05, 0.1) is 25.0 Å². The number of ether oxygens (including phenoxy) is 1. The lowest BCUT2D eigenvalue weighted by Crippen LogP contribution is -2.47. The molecule has 5 aromatic rings. The second kappa shape index (κ2) is 13.0. The minimum atomic E-state index is -4.49. The highest BCUT2D eigenvalue weighted by Crippen LogP contribution is 2.42. The van der Waals surface area contributed by atoms with Gasteiger partial charge < -0.3 is 20.7 Å². The largest absolute Gasteiger partial charge is 0.495 e. The second-order valence-corrected chi connectivity index (χ2v) is 12.7. The fraction of sp³-hybridized carbons (Fsp3) is 0.314. The maximum atomic E-state index is 12.8. The molecule has 0 atom stereocenters. The van der Waals surface area contributed by atoms with Crippen LogP contribution in [0.2, 0.25) is 0 Å². The van der Waals surface area contributed by atoms with Crippen LogP contribution in [0.1, 0.15) is 35.1 Å². The van der Waals surface area contributed by atoms with Crippen LogP contribution >= 0.6 is 0 Å². The maximum Gasteiger partial charge on any atom is 0.406 e. The number of likely N-dealkylation sites (tertiary alicyclic amines) is 1. The number of para-hydroxylation sites is 1. The van der Waals surface area contributed by atoms with Gasteiger partial charge in [-0.05, 0) is 31.0 Å². The molecule has 12 nitrogen and oxygen atoms in total. The van der Waals surface area contributed by atoms with Crippen molar-refractivity contribution < 1.29 is 27.5 Å². The molecule has 0 unspecified atom stereocenters. The third-order valence-corrected chi connectivity index (χ3v) is 8.91. The van der Waals surface area contributed by atoms with Crippen LogP contribution in [0.15, 0.2) is 67.3 Å². The summed E-state index contributed by atoms with van der Waals surface area (Å²) in [6, 6.07) is 12.5. The first kappa shape index (κ1) is 33.0. The van der Waals surface area contributed by atoms with E-state index >= 15 is 0 Å². The Morgan fingerprint density at radius 3 is 2.52 bits per heavy atom. The van der Waals surface area contributed by atoms with Crippen LogP contribution in [0.25, 0.3) is 33.0 Å². The van der Waals surface area contributed by atoms with Crippen molar-refractivity contribution in [3.8, 4) is 28.0 Å². The van der Waals surface area contributed by atoms with Gasteiger partial charge in [-0.3, -0.25) is 19.2 Å². The number of rotatable bonds is 10. The van der Waals surface area contributed by atoms with Gasteiger partial charge in [0.1, 0.15) is 29.6 Å². The molecule has 258 valence electrons. The van der Waals surface area contributed by atoms with Gasteiger partial charge in [0, 0.05) is 84.2 Å². The third kappa shape index (κ3) is 6.81. The number of benzene rings is 1. The highest BCUT2D eigenvalue weighted by Gasteiger charge is 2.33. The predicted octanol–water partition coefficient (Wildman–Crippen LogP) is 5.19. The van der Waals surface area contributed by atoms with Crippen LogP contribution in [0.4, 0.5) is 24.8 Å².